The molecule has 0 aliphatic carbocycles. The lowest BCUT2D eigenvalue weighted by molar-refractivity contribution is 0.0991. The lowest BCUT2D eigenvalue weighted by Crippen LogP contribution is -2.30. The molecule has 37 heavy (non-hydrogen) atoms. The number of hydrogen-bond acceptors (Lipinski definition) is 5. The fraction of sp³-hybridized carbons (Fsp3) is 0.414. The Labute approximate surface area is 236 Å². The van der Waals surface area contributed by atoms with Crippen LogP contribution < -0.4 is 10.2 Å². The summed E-state index contributed by atoms with van der Waals surface area (Å²) in [6.45, 7) is 11.2. The van der Waals surface area contributed by atoms with Crippen LogP contribution in [0.1, 0.15) is 70.7 Å². The number of phenolic OH excluding ortho intramolecular Hbond substituents is 3. The van der Waals surface area contributed by atoms with E-state index in [1.54, 1.807) is 12.1 Å². The fourth-order valence-corrected chi connectivity index (χ4v) is 4.69. The minimum absolute atomic E-state index is 0.104. The summed E-state index contributed by atoms with van der Waals surface area (Å²) in [5, 5.41) is 34.5. The van der Waals surface area contributed by atoms with Gasteiger partial charge in [-0.15, -0.1) is 0 Å². The first-order chi connectivity index (χ1) is 17.3. The molecule has 0 bridgehead atoms. The number of para-hydroxylation sites is 1. The predicted molar refractivity (Wildman–Crippen MR) is 159 cm³/mol. The third-order valence-corrected chi connectivity index (χ3v) is 9.26. The lowest BCUT2D eigenvalue weighted by Gasteiger charge is -2.25. The molecule has 1 amide bonds. The van der Waals surface area contributed by atoms with Crippen LogP contribution in [0.4, 0.5) is 17.1 Å². The first-order valence-electron chi connectivity index (χ1n) is 12.4. The second-order valence-corrected chi connectivity index (χ2v) is 12.6. The Morgan fingerprint density at radius 3 is 2.41 bits per heavy atom. The van der Waals surface area contributed by atoms with Crippen LogP contribution in [0.15, 0.2) is 52.0 Å². The summed E-state index contributed by atoms with van der Waals surface area (Å²) in [5.74, 6) is -0.891. The Bertz CT molecular complexity index is 1230. The SMILES string of the molecule is C/C(=C\CN1C(=O)c2cccc(O)c2Nc2c1cc(O)c(Br)c2O)CC/C=C(\C)CCC(Br)C(C)(C)C. The topological polar surface area (TPSA) is 93.0 Å². The average Bonchev–Trinajstić information content (AvgIpc) is 2.94. The van der Waals surface area contributed by atoms with Crippen LogP contribution in [0.3, 0.4) is 0 Å². The molecule has 2 aromatic carbocycles. The van der Waals surface area contributed by atoms with Gasteiger partial charge in [-0.05, 0) is 73.0 Å². The smallest absolute Gasteiger partial charge is 0.260 e. The molecule has 0 fully saturated rings. The molecule has 4 N–H and O–H groups in total. The maximum absolute atomic E-state index is 13.5. The van der Waals surface area contributed by atoms with Gasteiger partial charge in [-0.25, -0.2) is 0 Å². The molecule has 8 heteroatoms. The predicted octanol–water partition coefficient (Wildman–Crippen LogP) is 8.53. The highest BCUT2D eigenvalue weighted by molar-refractivity contribution is 9.10. The maximum atomic E-state index is 13.5. The Morgan fingerprint density at radius 1 is 1.05 bits per heavy atom. The van der Waals surface area contributed by atoms with E-state index in [0.29, 0.717) is 10.5 Å². The van der Waals surface area contributed by atoms with Crippen molar-refractivity contribution in [1.82, 2.24) is 0 Å². The lowest BCUT2D eigenvalue weighted by atomic mass is 9.89. The molecular weight excluding hydrogens is 600 g/mol. The number of halogens is 2. The molecule has 2 aromatic rings. The van der Waals surface area contributed by atoms with E-state index in [4.69, 9.17) is 0 Å². The number of phenols is 3. The first kappa shape index (κ1) is 29.1. The van der Waals surface area contributed by atoms with Crippen LogP contribution in [0, 0.1) is 5.41 Å². The van der Waals surface area contributed by atoms with Crippen LogP contribution in [0.25, 0.3) is 0 Å². The van der Waals surface area contributed by atoms with Gasteiger partial charge in [-0.3, -0.25) is 4.79 Å². The van der Waals surface area contributed by atoms with Gasteiger partial charge in [0.05, 0.1) is 16.9 Å². The number of rotatable bonds is 8. The minimum atomic E-state index is -0.346. The molecule has 1 aliphatic heterocycles. The number of hydrogen-bond donors (Lipinski definition) is 4. The van der Waals surface area contributed by atoms with Gasteiger partial charge in [0.15, 0.2) is 5.75 Å². The van der Waals surface area contributed by atoms with E-state index in [1.807, 2.05) is 13.0 Å². The zero-order valence-electron chi connectivity index (χ0n) is 22.0. The number of amides is 1. The summed E-state index contributed by atoms with van der Waals surface area (Å²) in [6, 6.07) is 6.12. The van der Waals surface area contributed by atoms with Crippen molar-refractivity contribution in [3.05, 3.63) is 57.6 Å². The van der Waals surface area contributed by atoms with Crippen molar-refractivity contribution >= 4 is 54.8 Å². The Hall–Kier alpha value is -2.45. The van der Waals surface area contributed by atoms with Crippen LogP contribution in [0.5, 0.6) is 17.2 Å². The van der Waals surface area contributed by atoms with Gasteiger partial charge < -0.3 is 25.5 Å². The third kappa shape index (κ3) is 6.90. The highest BCUT2D eigenvalue weighted by Gasteiger charge is 2.31. The number of benzene rings is 2. The number of aromatic hydroxyl groups is 3. The summed E-state index contributed by atoms with van der Waals surface area (Å²) in [7, 11) is 0. The van der Waals surface area contributed by atoms with Crippen molar-refractivity contribution in [2.75, 3.05) is 16.8 Å². The average molecular weight is 636 g/mol. The minimum Gasteiger partial charge on any atom is -0.507 e. The molecule has 1 unspecified atom stereocenters. The molecule has 200 valence electrons. The van der Waals surface area contributed by atoms with Gasteiger partial charge in [0, 0.05) is 17.4 Å². The van der Waals surface area contributed by atoms with Gasteiger partial charge in [0.2, 0.25) is 0 Å². The Balaban J connectivity index is 1.78. The molecule has 3 rings (SSSR count). The van der Waals surface area contributed by atoms with E-state index in [1.165, 1.54) is 22.6 Å². The quantitative estimate of drug-likeness (QED) is 0.101. The summed E-state index contributed by atoms with van der Waals surface area (Å²) >= 11 is 6.99. The number of fused-ring (bicyclic) bond motifs is 2. The highest BCUT2D eigenvalue weighted by atomic mass is 79.9. The third-order valence-electron chi connectivity index (χ3n) is 6.64. The van der Waals surface area contributed by atoms with Crippen LogP contribution in [-0.2, 0) is 0 Å². The molecule has 6 nitrogen and oxygen atoms in total. The van der Waals surface area contributed by atoms with Gasteiger partial charge in [-0.2, -0.15) is 0 Å². The van der Waals surface area contributed by atoms with E-state index >= 15 is 0 Å². The van der Waals surface area contributed by atoms with Gasteiger partial charge in [-0.1, -0.05) is 66.1 Å². The number of anilines is 3. The van der Waals surface area contributed by atoms with Crippen LogP contribution in [-0.4, -0.2) is 32.6 Å². The normalized spacial score (nSPS) is 15.1. The zero-order valence-corrected chi connectivity index (χ0v) is 25.2. The zero-order chi connectivity index (χ0) is 27.5. The molecule has 0 radical (unpaired) electrons. The molecular formula is C29H36Br2N2O4. The van der Waals surface area contributed by atoms with Gasteiger partial charge in [0.25, 0.3) is 5.91 Å². The van der Waals surface area contributed by atoms with E-state index in [2.05, 4.69) is 70.9 Å². The molecule has 0 spiro atoms. The van der Waals surface area contributed by atoms with Gasteiger partial charge >= 0.3 is 0 Å². The number of carbonyl (C=O) groups is 1. The van der Waals surface area contributed by atoms with E-state index in [9.17, 15) is 20.1 Å². The van der Waals surface area contributed by atoms with E-state index in [-0.39, 0.29) is 56.5 Å². The van der Waals surface area contributed by atoms with Crippen molar-refractivity contribution < 1.29 is 20.1 Å². The Kier molecular flexibility index (Phi) is 9.40. The summed E-state index contributed by atoms with van der Waals surface area (Å²) in [5.41, 5.74) is 3.77. The molecule has 1 atom stereocenters. The maximum Gasteiger partial charge on any atom is 0.260 e. The van der Waals surface area contributed by atoms with E-state index < -0.39 is 0 Å². The summed E-state index contributed by atoms with van der Waals surface area (Å²) in [6.07, 6.45) is 8.18. The molecule has 0 saturated heterocycles. The summed E-state index contributed by atoms with van der Waals surface area (Å²) in [4.78, 5) is 15.5. The number of nitrogens with one attached hydrogen (secondary N) is 1. The summed E-state index contributed by atoms with van der Waals surface area (Å²) < 4.78 is 0.104. The molecule has 0 aromatic heterocycles. The van der Waals surface area contributed by atoms with Crippen LogP contribution in [0.2, 0.25) is 0 Å². The number of carbonyl (C=O) groups excluding carboxylic acids is 1. The first-order valence-corrected chi connectivity index (χ1v) is 14.1. The molecule has 1 heterocycles. The molecule has 1 aliphatic rings. The highest BCUT2D eigenvalue weighted by Crippen LogP contribution is 2.50. The second-order valence-electron chi connectivity index (χ2n) is 10.7. The molecule has 0 saturated carbocycles. The van der Waals surface area contributed by atoms with Gasteiger partial charge in [0.1, 0.15) is 21.7 Å². The van der Waals surface area contributed by atoms with Crippen molar-refractivity contribution in [1.29, 1.82) is 0 Å². The standard InChI is InChI=1S/C29H36Br2N2O4/c1-17(12-13-23(30)29(3,4)5)8-6-9-18(2)14-15-33-20-16-22(35)24(31)27(36)26(20)32-25-19(28(33)37)10-7-11-21(25)34/h7-8,10-11,14,16,23,32,34-36H,6,9,12-13,15H2,1-5H3/b17-8+,18-14+. The van der Waals surface area contributed by atoms with Crippen molar-refractivity contribution in [3.8, 4) is 17.2 Å². The number of alkyl halides is 1. The van der Waals surface area contributed by atoms with Crippen molar-refractivity contribution in [3.63, 3.8) is 0 Å². The van der Waals surface area contributed by atoms with Crippen molar-refractivity contribution in [2.24, 2.45) is 5.41 Å². The van der Waals surface area contributed by atoms with Crippen LogP contribution >= 0.6 is 31.9 Å². The second kappa shape index (κ2) is 11.9. The number of allylic oxidation sites excluding steroid dienone is 3. The van der Waals surface area contributed by atoms with E-state index in [0.717, 1.165) is 31.3 Å². The number of nitrogens with zero attached hydrogens (tertiary/aromatic N) is 1. The largest absolute Gasteiger partial charge is 0.507 e. The van der Waals surface area contributed by atoms with Crippen molar-refractivity contribution in [2.45, 2.75) is 65.1 Å². The Morgan fingerprint density at radius 2 is 1.73 bits per heavy atom. The monoisotopic (exact) mass is 634 g/mol. The fourth-order valence-electron chi connectivity index (χ4n) is 4.15.